The smallest absolute Gasteiger partial charge is 0.0945 e. The van der Waals surface area contributed by atoms with Crippen molar-refractivity contribution in [2.45, 2.75) is 26.1 Å². The molecule has 1 unspecified atom stereocenters. The topological polar surface area (TPSA) is 41.5 Å². The molecule has 0 heterocycles. The first kappa shape index (κ1) is 15.5. The molecule has 3 nitrogen and oxygen atoms in total. The molecule has 3 heteroatoms. The van der Waals surface area contributed by atoms with Crippen LogP contribution in [0, 0.1) is 0 Å². The van der Waals surface area contributed by atoms with Gasteiger partial charge in [0, 0.05) is 12.2 Å². The molecule has 2 aromatic carbocycles. The highest BCUT2D eigenvalue weighted by Gasteiger charge is 2.04. The van der Waals surface area contributed by atoms with E-state index in [2.05, 4.69) is 24.4 Å². The van der Waals surface area contributed by atoms with E-state index in [0.29, 0.717) is 19.8 Å². The van der Waals surface area contributed by atoms with Crippen LogP contribution in [0.4, 0.5) is 5.69 Å². The second-order valence-electron chi connectivity index (χ2n) is 5.09. The van der Waals surface area contributed by atoms with Gasteiger partial charge in [-0.05, 0) is 29.7 Å². The molecule has 0 saturated heterocycles. The molecule has 0 spiro atoms. The van der Waals surface area contributed by atoms with Gasteiger partial charge in [-0.2, -0.15) is 0 Å². The summed E-state index contributed by atoms with van der Waals surface area (Å²) in [5, 5.41) is 13.1. The Morgan fingerprint density at radius 1 is 1.00 bits per heavy atom. The van der Waals surface area contributed by atoms with Gasteiger partial charge in [0.15, 0.2) is 0 Å². The SMILES string of the molecule is CCc1ccc(NCC(O)COCc2ccccc2)cc1. The summed E-state index contributed by atoms with van der Waals surface area (Å²) >= 11 is 0. The Morgan fingerprint density at radius 3 is 2.38 bits per heavy atom. The number of aliphatic hydroxyl groups excluding tert-OH is 1. The molecule has 1 atom stereocenters. The van der Waals surface area contributed by atoms with Crippen molar-refractivity contribution in [2.75, 3.05) is 18.5 Å². The first-order valence-electron chi connectivity index (χ1n) is 7.40. The number of aliphatic hydroxyl groups is 1. The zero-order valence-electron chi connectivity index (χ0n) is 12.5. The van der Waals surface area contributed by atoms with Crippen LogP contribution in [0.3, 0.4) is 0 Å². The molecule has 2 N–H and O–H groups in total. The van der Waals surface area contributed by atoms with Crippen molar-refractivity contribution >= 4 is 5.69 Å². The third-order valence-corrected chi connectivity index (χ3v) is 3.33. The second kappa shape index (κ2) is 8.45. The maximum absolute atomic E-state index is 9.90. The van der Waals surface area contributed by atoms with E-state index in [1.165, 1.54) is 5.56 Å². The fraction of sp³-hybridized carbons (Fsp3) is 0.333. The predicted molar refractivity (Wildman–Crippen MR) is 86.4 cm³/mol. The molecule has 0 amide bonds. The Bertz CT molecular complexity index is 511. The monoisotopic (exact) mass is 285 g/mol. The van der Waals surface area contributed by atoms with E-state index in [-0.39, 0.29) is 0 Å². The van der Waals surface area contributed by atoms with E-state index in [0.717, 1.165) is 17.7 Å². The lowest BCUT2D eigenvalue weighted by Crippen LogP contribution is -2.24. The molecule has 0 aliphatic rings. The van der Waals surface area contributed by atoms with Gasteiger partial charge in [0.1, 0.15) is 0 Å². The molecule has 0 radical (unpaired) electrons. The van der Waals surface area contributed by atoms with E-state index in [4.69, 9.17) is 4.74 Å². The van der Waals surface area contributed by atoms with Crippen molar-refractivity contribution in [1.82, 2.24) is 0 Å². The van der Waals surface area contributed by atoms with Crippen LogP contribution in [0.1, 0.15) is 18.1 Å². The Morgan fingerprint density at radius 2 is 1.71 bits per heavy atom. The normalized spacial score (nSPS) is 12.1. The fourth-order valence-corrected chi connectivity index (χ4v) is 2.04. The van der Waals surface area contributed by atoms with Gasteiger partial charge in [0.05, 0.1) is 19.3 Å². The second-order valence-corrected chi connectivity index (χ2v) is 5.09. The van der Waals surface area contributed by atoms with E-state index in [9.17, 15) is 5.11 Å². The summed E-state index contributed by atoms with van der Waals surface area (Å²) in [5.74, 6) is 0. The number of hydrogen-bond acceptors (Lipinski definition) is 3. The average Bonchev–Trinajstić information content (AvgIpc) is 2.54. The third-order valence-electron chi connectivity index (χ3n) is 3.33. The lowest BCUT2D eigenvalue weighted by Gasteiger charge is -2.13. The quantitative estimate of drug-likeness (QED) is 0.782. The van der Waals surface area contributed by atoms with Crippen LogP contribution in [0.5, 0.6) is 0 Å². The van der Waals surface area contributed by atoms with Gasteiger partial charge < -0.3 is 15.2 Å². The van der Waals surface area contributed by atoms with Gasteiger partial charge in [0.25, 0.3) is 0 Å². The Labute approximate surface area is 126 Å². The average molecular weight is 285 g/mol. The minimum atomic E-state index is -0.514. The molecule has 2 aromatic rings. The number of anilines is 1. The largest absolute Gasteiger partial charge is 0.389 e. The summed E-state index contributed by atoms with van der Waals surface area (Å²) in [6.45, 7) is 3.48. The van der Waals surface area contributed by atoms with Crippen molar-refractivity contribution in [2.24, 2.45) is 0 Å². The van der Waals surface area contributed by atoms with Gasteiger partial charge in [0.2, 0.25) is 0 Å². The highest BCUT2D eigenvalue weighted by Crippen LogP contribution is 2.10. The molecule has 112 valence electrons. The Kier molecular flexibility index (Phi) is 6.25. The van der Waals surface area contributed by atoms with Crippen molar-refractivity contribution in [3.63, 3.8) is 0 Å². The summed E-state index contributed by atoms with van der Waals surface area (Å²) < 4.78 is 5.52. The van der Waals surface area contributed by atoms with E-state index >= 15 is 0 Å². The molecule has 0 fully saturated rings. The highest BCUT2D eigenvalue weighted by molar-refractivity contribution is 5.44. The first-order valence-corrected chi connectivity index (χ1v) is 7.40. The number of nitrogens with one attached hydrogen (secondary N) is 1. The maximum Gasteiger partial charge on any atom is 0.0945 e. The molecule has 0 saturated carbocycles. The van der Waals surface area contributed by atoms with Crippen LogP contribution in [0.15, 0.2) is 54.6 Å². The van der Waals surface area contributed by atoms with Gasteiger partial charge in [-0.3, -0.25) is 0 Å². The third kappa shape index (κ3) is 5.58. The molecule has 2 rings (SSSR count). The van der Waals surface area contributed by atoms with Crippen LogP contribution >= 0.6 is 0 Å². The lowest BCUT2D eigenvalue weighted by molar-refractivity contribution is 0.0348. The van der Waals surface area contributed by atoms with Gasteiger partial charge >= 0.3 is 0 Å². The Hall–Kier alpha value is -1.84. The van der Waals surface area contributed by atoms with Crippen LogP contribution in [-0.4, -0.2) is 24.4 Å². The van der Waals surface area contributed by atoms with E-state index in [1.54, 1.807) is 0 Å². The zero-order valence-corrected chi connectivity index (χ0v) is 12.5. The minimum absolute atomic E-state index is 0.328. The standard InChI is InChI=1S/C18H23NO2/c1-2-15-8-10-17(11-9-15)19-12-18(20)14-21-13-16-6-4-3-5-7-16/h3-11,18-20H,2,12-14H2,1H3. The van der Waals surface area contributed by atoms with Crippen LogP contribution in [-0.2, 0) is 17.8 Å². The molecule has 0 aliphatic carbocycles. The number of benzene rings is 2. The molecular weight excluding hydrogens is 262 g/mol. The summed E-state index contributed by atoms with van der Waals surface area (Å²) in [6.07, 6.45) is 0.524. The summed E-state index contributed by atoms with van der Waals surface area (Å²) in [6, 6.07) is 18.2. The molecule has 0 bridgehead atoms. The van der Waals surface area contributed by atoms with Crippen LogP contribution < -0.4 is 5.32 Å². The number of aryl methyl sites for hydroxylation is 1. The first-order chi connectivity index (χ1) is 10.3. The molecule has 0 aliphatic heterocycles. The van der Waals surface area contributed by atoms with Crippen molar-refractivity contribution < 1.29 is 9.84 Å². The Balaban J connectivity index is 1.66. The fourth-order valence-electron chi connectivity index (χ4n) is 2.04. The summed E-state index contributed by atoms with van der Waals surface area (Å²) in [5.41, 5.74) is 3.45. The van der Waals surface area contributed by atoms with Gasteiger partial charge in [-0.15, -0.1) is 0 Å². The van der Waals surface area contributed by atoms with E-state index < -0.39 is 6.10 Å². The lowest BCUT2D eigenvalue weighted by atomic mass is 10.1. The van der Waals surface area contributed by atoms with Crippen molar-refractivity contribution in [3.8, 4) is 0 Å². The van der Waals surface area contributed by atoms with Crippen LogP contribution in [0.2, 0.25) is 0 Å². The molecule has 21 heavy (non-hydrogen) atoms. The van der Waals surface area contributed by atoms with Crippen molar-refractivity contribution in [3.05, 3.63) is 65.7 Å². The van der Waals surface area contributed by atoms with Crippen molar-refractivity contribution in [1.29, 1.82) is 0 Å². The van der Waals surface area contributed by atoms with Gasteiger partial charge in [-0.25, -0.2) is 0 Å². The predicted octanol–water partition coefficient (Wildman–Crippen LogP) is 3.24. The van der Waals surface area contributed by atoms with E-state index in [1.807, 2.05) is 42.5 Å². The minimum Gasteiger partial charge on any atom is -0.389 e. The van der Waals surface area contributed by atoms with Gasteiger partial charge in [-0.1, -0.05) is 49.4 Å². The molecule has 0 aromatic heterocycles. The maximum atomic E-state index is 9.90. The highest BCUT2D eigenvalue weighted by atomic mass is 16.5. The molecular formula is C18H23NO2. The number of rotatable bonds is 8. The number of hydrogen-bond donors (Lipinski definition) is 2. The summed E-state index contributed by atoms with van der Waals surface area (Å²) in [7, 11) is 0. The van der Waals surface area contributed by atoms with Crippen LogP contribution in [0.25, 0.3) is 0 Å². The number of ether oxygens (including phenoxy) is 1. The summed E-state index contributed by atoms with van der Waals surface area (Å²) in [4.78, 5) is 0. The zero-order chi connectivity index (χ0) is 14.9.